The van der Waals surface area contributed by atoms with Gasteiger partial charge in [0.25, 0.3) is 0 Å². The number of benzene rings is 2. The first kappa shape index (κ1) is 11.2. The fourth-order valence-electron chi connectivity index (χ4n) is 1.31. The molecule has 0 fully saturated rings. The van der Waals surface area contributed by atoms with Crippen molar-refractivity contribution in [2.45, 2.75) is 0 Å². The van der Waals surface area contributed by atoms with Crippen LogP contribution in [0.2, 0.25) is 0 Å². The van der Waals surface area contributed by atoms with Crippen LogP contribution in [0.4, 0.5) is 4.39 Å². The van der Waals surface area contributed by atoms with Gasteiger partial charge in [0.2, 0.25) is 0 Å². The molecule has 0 amide bonds. The summed E-state index contributed by atoms with van der Waals surface area (Å²) in [6, 6.07) is 15.6. The van der Waals surface area contributed by atoms with Crippen LogP contribution in [0.25, 0.3) is 0 Å². The van der Waals surface area contributed by atoms with Crippen LogP contribution < -0.4 is 4.74 Å². The smallest absolute Gasteiger partial charge is 0.149 e. The molecule has 0 atom stereocenters. The lowest BCUT2D eigenvalue weighted by Gasteiger charge is -2.00. The molecular formula is C15H11FO. The normalized spacial score (nSPS) is 9.24. The molecular weight excluding hydrogens is 215 g/mol. The first-order valence-electron chi connectivity index (χ1n) is 5.27. The molecule has 0 aliphatic rings. The first-order chi connectivity index (χ1) is 8.34. The standard InChI is InChI=1S/C15H11FO/c16-14-8-10-15(11-9-14)17-12-4-7-13-5-2-1-3-6-13/h1-3,5-6,8-11H,12H2. The van der Waals surface area contributed by atoms with Gasteiger partial charge in [-0.25, -0.2) is 4.39 Å². The van der Waals surface area contributed by atoms with Gasteiger partial charge in [-0.3, -0.25) is 0 Å². The summed E-state index contributed by atoms with van der Waals surface area (Å²) >= 11 is 0. The van der Waals surface area contributed by atoms with Crippen LogP contribution in [0.5, 0.6) is 5.75 Å². The summed E-state index contributed by atoms with van der Waals surface area (Å²) in [6.07, 6.45) is 0. The van der Waals surface area contributed by atoms with E-state index < -0.39 is 0 Å². The van der Waals surface area contributed by atoms with Crippen LogP contribution in [0.1, 0.15) is 5.56 Å². The van der Waals surface area contributed by atoms with Crippen molar-refractivity contribution in [2.75, 3.05) is 6.61 Å². The Hall–Kier alpha value is -2.27. The molecule has 2 aromatic rings. The number of halogens is 1. The fourth-order valence-corrected chi connectivity index (χ4v) is 1.31. The van der Waals surface area contributed by atoms with Gasteiger partial charge in [-0.05, 0) is 36.4 Å². The molecule has 0 aliphatic heterocycles. The average molecular weight is 226 g/mol. The summed E-state index contributed by atoms with van der Waals surface area (Å²) in [5.74, 6) is 6.22. The van der Waals surface area contributed by atoms with E-state index >= 15 is 0 Å². The van der Waals surface area contributed by atoms with Crippen molar-refractivity contribution in [1.29, 1.82) is 0 Å². The van der Waals surface area contributed by atoms with Crippen molar-refractivity contribution >= 4 is 0 Å². The summed E-state index contributed by atoms with van der Waals surface area (Å²) in [7, 11) is 0. The summed E-state index contributed by atoms with van der Waals surface area (Å²) in [5, 5.41) is 0. The highest BCUT2D eigenvalue weighted by Gasteiger charge is 1.91. The zero-order chi connectivity index (χ0) is 11.9. The van der Waals surface area contributed by atoms with Gasteiger partial charge in [0.15, 0.2) is 0 Å². The Morgan fingerprint density at radius 3 is 2.35 bits per heavy atom. The van der Waals surface area contributed by atoms with Crippen LogP contribution in [0, 0.1) is 17.7 Å². The summed E-state index contributed by atoms with van der Waals surface area (Å²) in [5.41, 5.74) is 0.954. The third-order valence-electron chi connectivity index (χ3n) is 2.13. The summed E-state index contributed by atoms with van der Waals surface area (Å²) in [4.78, 5) is 0. The van der Waals surface area contributed by atoms with Crippen molar-refractivity contribution in [3.05, 3.63) is 66.0 Å². The van der Waals surface area contributed by atoms with Gasteiger partial charge in [-0.2, -0.15) is 0 Å². The molecule has 0 heterocycles. The van der Waals surface area contributed by atoms with Crippen molar-refractivity contribution in [1.82, 2.24) is 0 Å². The second-order valence-electron chi connectivity index (χ2n) is 3.41. The van der Waals surface area contributed by atoms with Crippen LogP contribution in [-0.2, 0) is 0 Å². The van der Waals surface area contributed by atoms with E-state index in [0.29, 0.717) is 12.4 Å². The maximum absolute atomic E-state index is 12.6. The van der Waals surface area contributed by atoms with Crippen molar-refractivity contribution in [3.63, 3.8) is 0 Å². The second-order valence-corrected chi connectivity index (χ2v) is 3.41. The van der Waals surface area contributed by atoms with E-state index in [0.717, 1.165) is 5.56 Å². The quantitative estimate of drug-likeness (QED) is 0.714. The maximum Gasteiger partial charge on any atom is 0.149 e. The molecule has 0 radical (unpaired) electrons. The molecule has 0 N–H and O–H groups in total. The maximum atomic E-state index is 12.6. The number of rotatable bonds is 2. The predicted molar refractivity (Wildman–Crippen MR) is 65.2 cm³/mol. The lowest BCUT2D eigenvalue weighted by Crippen LogP contribution is -1.93. The van der Waals surface area contributed by atoms with E-state index in [4.69, 9.17) is 4.74 Å². The lowest BCUT2D eigenvalue weighted by molar-refractivity contribution is 0.369. The van der Waals surface area contributed by atoms with Gasteiger partial charge < -0.3 is 4.74 Å². The summed E-state index contributed by atoms with van der Waals surface area (Å²) < 4.78 is 18.0. The Kier molecular flexibility index (Phi) is 3.77. The van der Waals surface area contributed by atoms with E-state index in [1.165, 1.54) is 12.1 Å². The molecule has 1 nitrogen and oxygen atoms in total. The fraction of sp³-hybridized carbons (Fsp3) is 0.0667. The van der Waals surface area contributed by atoms with E-state index in [-0.39, 0.29) is 5.82 Å². The Bertz CT molecular complexity index is 520. The minimum absolute atomic E-state index is 0.271. The van der Waals surface area contributed by atoms with E-state index in [1.807, 2.05) is 30.3 Å². The first-order valence-corrected chi connectivity index (χ1v) is 5.27. The zero-order valence-electron chi connectivity index (χ0n) is 9.19. The topological polar surface area (TPSA) is 9.23 Å². The van der Waals surface area contributed by atoms with E-state index in [1.54, 1.807) is 12.1 Å². The molecule has 0 saturated carbocycles. The van der Waals surface area contributed by atoms with Crippen LogP contribution in [-0.4, -0.2) is 6.61 Å². The average Bonchev–Trinajstić information content (AvgIpc) is 2.38. The number of hydrogen-bond donors (Lipinski definition) is 0. The Labute approximate surface area is 99.9 Å². The Balaban J connectivity index is 1.88. The minimum atomic E-state index is -0.271. The van der Waals surface area contributed by atoms with E-state index in [2.05, 4.69) is 11.8 Å². The third-order valence-corrected chi connectivity index (χ3v) is 2.13. The molecule has 0 saturated heterocycles. The van der Waals surface area contributed by atoms with Crippen molar-refractivity contribution in [3.8, 4) is 17.6 Å². The van der Waals surface area contributed by atoms with Crippen LogP contribution >= 0.6 is 0 Å². The zero-order valence-corrected chi connectivity index (χ0v) is 9.19. The Morgan fingerprint density at radius 1 is 0.941 bits per heavy atom. The van der Waals surface area contributed by atoms with Gasteiger partial charge in [0.1, 0.15) is 18.2 Å². The SMILES string of the molecule is Fc1ccc(OCC#Cc2ccccc2)cc1. The third kappa shape index (κ3) is 3.66. The van der Waals surface area contributed by atoms with Gasteiger partial charge in [-0.15, -0.1) is 0 Å². The van der Waals surface area contributed by atoms with Crippen molar-refractivity contribution < 1.29 is 9.13 Å². The molecule has 0 bridgehead atoms. The van der Waals surface area contributed by atoms with Crippen LogP contribution in [0.3, 0.4) is 0 Å². The van der Waals surface area contributed by atoms with Crippen molar-refractivity contribution in [2.24, 2.45) is 0 Å². The molecule has 0 aromatic heterocycles. The predicted octanol–water partition coefficient (Wildman–Crippen LogP) is 3.26. The van der Waals surface area contributed by atoms with Gasteiger partial charge >= 0.3 is 0 Å². The monoisotopic (exact) mass is 226 g/mol. The number of ether oxygens (including phenoxy) is 1. The van der Waals surface area contributed by atoms with E-state index in [9.17, 15) is 4.39 Å². The summed E-state index contributed by atoms with van der Waals surface area (Å²) in [6.45, 7) is 0.292. The largest absolute Gasteiger partial charge is 0.481 e. The molecule has 84 valence electrons. The Morgan fingerprint density at radius 2 is 1.65 bits per heavy atom. The number of hydrogen-bond acceptors (Lipinski definition) is 1. The highest BCUT2D eigenvalue weighted by molar-refractivity contribution is 5.34. The van der Waals surface area contributed by atoms with Gasteiger partial charge in [0, 0.05) is 5.56 Å². The van der Waals surface area contributed by atoms with Gasteiger partial charge in [0.05, 0.1) is 0 Å². The molecule has 2 rings (SSSR count). The van der Waals surface area contributed by atoms with Crippen LogP contribution in [0.15, 0.2) is 54.6 Å². The molecule has 0 aliphatic carbocycles. The molecule has 2 aromatic carbocycles. The lowest BCUT2D eigenvalue weighted by atomic mass is 10.2. The molecule has 0 unspecified atom stereocenters. The highest BCUT2D eigenvalue weighted by atomic mass is 19.1. The van der Waals surface area contributed by atoms with Gasteiger partial charge in [-0.1, -0.05) is 30.0 Å². The molecule has 17 heavy (non-hydrogen) atoms. The molecule has 2 heteroatoms. The minimum Gasteiger partial charge on any atom is -0.481 e. The second kappa shape index (κ2) is 5.72. The molecule has 0 spiro atoms. The highest BCUT2D eigenvalue weighted by Crippen LogP contribution is 2.10.